The zero-order valence-corrected chi connectivity index (χ0v) is 14.8. The van der Waals surface area contributed by atoms with Gasteiger partial charge in [-0.2, -0.15) is 0 Å². The SMILES string of the molecule is COC(=O)CCN(CCC(C)C)C(=O)c1cccc(NC(C)=O)c1. The summed E-state index contributed by atoms with van der Waals surface area (Å²) in [6, 6.07) is 6.79. The van der Waals surface area contributed by atoms with Crippen molar-refractivity contribution in [2.45, 2.75) is 33.6 Å². The van der Waals surface area contributed by atoms with E-state index in [2.05, 4.69) is 23.9 Å². The van der Waals surface area contributed by atoms with Gasteiger partial charge in [0, 0.05) is 31.3 Å². The van der Waals surface area contributed by atoms with Crippen LogP contribution in [0.1, 0.15) is 44.0 Å². The molecule has 6 nitrogen and oxygen atoms in total. The van der Waals surface area contributed by atoms with E-state index in [0.717, 1.165) is 6.42 Å². The number of hydrogen-bond donors (Lipinski definition) is 1. The third kappa shape index (κ3) is 6.81. The second-order valence-electron chi connectivity index (χ2n) is 6.06. The third-order valence-electron chi connectivity index (χ3n) is 3.51. The quantitative estimate of drug-likeness (QED) is 0.742. The van der Waals surface area contributed by atoms with Gasteiger partial charge in [0.1, 0.15) is 0 Å². The number of methoxy groups -OCH3 is 1. The standard InChI is InChI=1S/C18H26N2O4/c1-13(2)8-10-20(11-9-17(22)24-4)18(23)15-6-5-7-16(12-15)19-14(3)21/h5-7,12-13H,8-11H2,1-4H3,(H,19,21). The number of esters is 1. The first kappa shape index (κ1) is 19.7. The molecule has 0 fully saturated rings. The van der Waals surface area contributed by atoms with Gasteiger partial charge < -0.3 is 15.0 Å². The molecule has 0 bridgehead atoms. The number of hydrogen-bond acceptors (Lipinski definition) is 4. The Balaban J connectivity index is 2.88. The largest absolute Gasteiger partial charge is 0.469 e. The summed E-state index contributed by atoms with van der Waals surface area (Å²) in [5.74, 6) is -0.248. The lowest BCUT2D eigenvalue weighted by Crippen LogP contribution is -2.34. The minimum absolute atomic E-state index is 0.158. The van der Waals surface area contributed by atoms with Crippen molar-refractivity contribution in [1.82, 2.24) is 4.90 Å². The summed E-state index contributed by atoms with van der Waals surface area (Å²) >= 11 is 0. The number of amides is 2. The second-order valence-corrected chi connectivity index (χ2v) is 6.06. The van der Waals surface area contributed by atoms with Gasteiger partial charge in [-0.3, -0.25) is 14.4 Å². The number of nitrogens with one attached hydrogen (secondary N) is 1. The van der Waals surface area contributed by atoms with Crippen LogP contribution >= 0.6 is 0 Å². The molecule has 0 saturated heterocycles. The Morgan fingerprint density at radius 2 is 1.92 bits per heavy atom. The van der Waals surface area contributed by atoms with Crippen LogP contribution in [0.5, 0.6) is 0 Å². The van der Waals surface area contributed by atoms with Crippen molar-refractivity contribution in [3.8, 4) is 0 Å². The highest BCUT2D eigenvalue weighted by Gasteiger charge is 2.18. The fourth-order valence-electron chi connectivity index (χ4n) is 2.17. The van der Waals surface area contributed by atoms with Crippen molar-refractivity contribution in [2.75, 3.05) is 25.5 Å². The van der Waals surface area contributed by atoms with Gasteiger partial charge in [0.15, 0.2) is 0 Å². The zero-order chi connectivity index (χ0) is 18.1. The molecule has 6 heteroatoms. The maximum atomic E-state index is 12.8. The van der Waals surface area contributed by atoms with Gasteiger partial charge in [0.05, 0.1) is 13.5 Å². The molecule has 0 saturated carbocycles. The summed E-state index contributed by atoms with van der Waals surface area (Å²) in [6.07, 6.45) is 1.00. The van der Waals surface area contributed by atoms with Crippen molar-refractivity contribution in [3.63, 3.8) is 0 Å². The van der Waals surface area contributed by atoms with Crippen molar-refractivity contribution in [3.05, 3.63) is 29.8 Å². The van der Waals surface area contributed by atoms with Gasteiger partial charge in [-0.15, -0.1) is 0 Å². The van der Waals surface area contributed by atoms with E-state index < -0.39 is 0 Å². The molecule has 1 rings (SSSR count). The Morgan fingerprint density at radius 3 is 2.50 bits per heavy atom. The van der Waals surface area contributed by atoms with Crippen molar-refractivity contribution in [1.29, 1.82) is 0 Å². The molecule has 24 heavy (non-hydrogen) atoms. The first-order chi connectivity index (χ1) is 11.3. The summed E-state index contributed by atoms with van der Waals surface area (Å²) in [5, 5.41) is 2.66. The molecular formula is C18H26N2O4. The zero-order valence-electron chi connectivity index (χ0n) is 14.8. The molecule has 2 amide bonds. The normalized spacial score (nSPS) is 10.4. The Hall–Kier alpha value is -2.37. The van der Waals surface area contributed by atoms with E-state index in [4.69, 9.17) is 0 Å². The molecule has 0 spiro atoms. The van der Waals surface area contributed by atoms with Crippen LogP contribution in [0, 0.1) is 5.92 Å². The molecule has 1 aromatic rings. The second kappa shape index (κ2) is 9.70. The van der Waals surface area contributed by atoms with Crippen LogP contribution in [-0.4, -0.2) is 42.9 Å². The molecule has 0 heterocycles. The average Bonchev–Trinajstić information content (AvgIpc) is 2.53. The smallest absolute Gasteiger partial charge is 0.307 e. The van der Waals surface area contributed by atoms with Crippen LogP contribution in [0.2, 0.25) is 0 Å². The number of benzene rings is 1. The number of rotatable bonds is 8. The van der Waals surface area contributed by atoms with Crippen LogP contribution in [-0.2, 0) is 14.3 Å². The maximum absolute atomic E-state index is 12.8. The number of ether oxygens (including phenoxy) is 1. The number of nitrogens with zero attached hydrogens (tertiary/aromatic N) is 1. The van der Waals surface area contributed by atoms with E-state index in [1.807, 2.05) is 0 Å². The highest BCUT2D eigenvalue weighted by atomic mass is 16.5. The van der Waals surface area contributed by atoms with Crippen LogP contribution < -0.4 is 5.32 Å². The predicted molar refractivity (Wildman–Crippen MR) is 92.7 cm³/mol. The summed E-state index contributed by atoms with van der Waals surface area (Å²) < 4.78 is 4.65. The van der Waals surface area contributed by atoms with Crippen LogP contribution in [0.3, 0.4) is 0 Å². The van der Waals surface area contributed by atoms with Gasteiger partial charge in [-0.25, -0.2) is 0 Å². The first-order valence-corrected chi connectivity index (χ1v) is 8.07. The van der Waals surface area contributed by atoms with Crippen molar-refractivity contribution >= 4 is 23.5 Å². The first-order valence-electron chi connectivity index (χ1n) is 8.07. The minimum Gasteiger partial charge on any atom is -0.469 e. The molecule has 1 aromatic carbocycles. The van der Waals surface area contributed by atoms with Crippen LogP contribution in [0.4, 0.5) is 5.69 Å². The van der Waals surface area contributed by atoms with E-state index in [1.54, 1.807) is 29.2 Å². The van der Waals surface area contributed by atoms with E-state index in [-0.39, 0.29) is 24.2 Å². The Morgan fingerprint density at radius 1 is 1.21 bits per heavy atom. The third-order valence-corrected chi connectivity index (χ3v) is 3.51. The Kier molecular flexibility index (Phi) is 7.95. The van der Waals surface area contributed by atoms with Crippen LogP contribution in [0.25, 0.3) is 0 Å². The molecule has 0 radical (unpaired) electrons. The van der Waals surface area contributed by atoms with Gasteiger partial charge in [0.2, 0.25) is 5.91 Å². The monoisotopic (exact) mass is 334 g/mol. The summed E-state index contributed by atoms with van der Waals surface area (Å²) in [7, 11) is 1.33. The van der Waals surface area contributed by atoms with Gasteiger partial charge in [-0.1, -0.05) is 19.9 Å². The Bertz CT molecular complexity index is 584. The van der Waals surface area contributed by atoms with Crippen LogP contribution in [0.15, 0.2) is 24.3 Å². The lowest BCUT2D eigenvalue weighted by Gasteiger charge is -2.23. The van der Waals surface area contributed by atoms with Gasteiger partial charge in [0.25, 0.3) is 5.91 Å². The molecule has 0 unspecified atom stereocenters. The molecule has 0 aliphatic carbocycles. The lowest BCUT2D eigenvalue weighted by molar-refractivity contribution is -0.140. The number of carbonyl (C=O) groups is 3. The van der Waals surface area contributed by atoms with E-state index in [0.29, 0.717) is 30.3 Å². The minimum atomic E-state index is -0.343. The molecule has 0 aliphatic heterocycles. The molecule has 0 atom stereocenters. The highest BCUT2D eigenvalue weighted by molar-refractivity contribution is 5.97. The van der Waals surface area contributed by atoms with Gasteiger partial charge in [-0.05, 0) is 30.5 Å². The van der Waals surface area contributed by atoms with E-state index in [1.165, 1.54) is 14.0 Å². The number of carbonyl (C=O) groups excluding carboxylic acids is 3. The van der Waals surface area contributed by atoms with E-state index in [9.17, 15) is 14.4 Å². The summed E-state index contributed by atoms with van der Waals surface area (Å²) in [5.41, 5.74) is 1.06. The van der Waals surface area contributed by atoms with Crippen molar-refractivity contribution < 1.29 is 19.1 Å². The summed E-state index contributed by atoms with van der Waals surface area (Å²) in [6.45, 7) is 6.46. The molecular weight excluding hydrogens is 308 g/mol. The molecule has 0 aromatic heterocycles. The highest BCUT2D eigenvalue weighted by Crippen LogP contribution is 2.14. The average molecular weight is 334 g/mol. The maximum Gasteiger partial charge on any atom is 0.307 e. The molecule has 0 aliphatic rings. The summed E-state index contributed by atoms with van der Waals surface area (Å²) in [4.78, 5) is 37.0. The fourth-order valence-corrected chi connectivity index (χ4v) is 2.17. The van der Waals surface area contributed by atoms with Gasteiger partial charge >= 0.3 is 5.97 Å². The topological polar surface area (TPSA) is 75.7 Å². The Labute approximate surface area is 143 Å². The lowest BCUT2D eigenvalue weighted by atomic mass is 10.1. The fraction of sp³-hybridized carbons (Fsp3) is 0.500. The van der Waals surface area contributed by atoms with Crippen molar-refractivity contribution in [2.24, 2.45) is 5.92 Å². The molecule has 1 N–H and O–H groups in total. The predicted octanol–water partition coefficient (Wildman–Crippen LogP) is 2.70. The van der Waals surface area contributed by atoms with E-state index >= 15 is 0 Å². The number of anilines is 1. The molecule has 132 valence electrons.